The van der Waals surface area contributed by atoms with Crippen LogP contribution in [0, 0.1) is 0 Å². The van der Waals surface area contributed by atoms with Crippen molar-refractivity contribution in [3.05, 3.63) is 100 Å². The van der Waals surface area contributed by atoms with Crippen molar-refractivity contribution in [3.63, 3.8) is 0 Å². The number of rotatable bonds is 5. The quantitative estimate of drug-likeness (QED) is 0.500. The second-order valence-electron chi connectivity index (χ2n) is 8.02. The van der Waals surface area contributed by atoms with Gasteiger partial charge in [0.15, 0.2) is 0 Å². The standard InChI is InChI=1S/C27H23ClN2O3/c1-2-33-21-13-11-19(12-14-21)24-25(29-16-15-18-7-3-4-8-20(18)17-29)27(32)30(26(24)31)23-10-6-5-9-22(23)28/h3-14H,2,15-17H2,1H3. The molecule has 166 valence electrons. The van der Waals surface area contributed by atoms with Gasteiger partial charge in [0.25, 0.3) is 11.8 Å². The molecule has 0 N–H and O–H groups in total. The number of fused-ring (bicyclic) bond motifs is 1. The first-order valence-electron chi connectivity index (χ1n) is 11.0. The Bertz CT molecular complexity index is 1270. The van der Waals surface area contributed by atoms with E-state index >= 15 is 0 Å². The smallest absolute Gasteiger partial charge is 0.282 e. The number of ether oxygens (including phenoxy) is 1. The van der Waals surface area contributed by atoms with E-state index in [0.29, 0.717) is 47.2 Å². The molecule has 0 unspecified atom stereocenters. The van der Waals surface area contributed by atoms with Crippen LogP contribution in [0.4, 0.5) is 5.69 Å². The molecule has 2 amide bonds. The molecule has 0 aliphatic carbocycles. The van der Waals surface area contributed by atoms with Gasteiger partial charge in [-0.3, -0.25) is 9.59 Å². The zero-order valence-electron chi connectivity index (χ0n) is 18.3. The number of hydrogen-bond acceptors (Lipinski definition) is 4. The Kier molecular flexibility index (Phi) is 5.65. The molecule has 0 saturated carbocycles. The van der Waals surface area contributed by atoms with Gasteiger partial charge in [0.2, 0.25) is 0 Å². The van der Waals surface area contributed by atoms with Gasteiger partial charge in [0, 0.05) is 13.1 Å². The normalized spacial score (nSPS) is 15.8. The van der Waals surface area contributed by atoms with E-state index in [1.165, 1.54) is 16.0 Å². The fraction of sp³-hybridized carbons (Fsp3) is 0.185. The first-order chi connectivity index (χ1) is 16.1. The van der Waals surface area contributed by atoms with Crippen LogP contribution < -0.4 is 9.64 Å². The summed E-state index contributed by atoms with van der Waals surface area (Å²) in [6.07, 6.45) is 0.809. The van der Waals surface area contributed by atoms with E-state index in [0.717, 1.165) is 12.2 Å². The van der Waals surface area contributed by atoms with Gasteiger partial charge in [0.1, 0.15) is 11.4 Å². The summed E-state index contributed by atoms with van der Waals surface area (Å²) < 4.78 is 5.55. The molecule has 0 fully saturated rings. The second-order valence-corrected chi connectivity index (χ2v) is 8.43. The molecule has 2 heterocycles. The van der Waals surface area contributed by atoms with Crippen LogP contribution in [0.5, 0.6) is 5.75 Å². The van der Waals surface area contributed by atoms with Crippen molar-refractivity contribution in [1.29, 1.82) is 0 Å². The Hall–Kier alpha value is -3.57. The highest BCUT2D eigenvalue weighted by molar-refractivity contribution is 6.47. The van der Waals surface area contributed by atoms with Crippen molar-refractivity contribution in [1.82, 2.24) is 4.90 Å². The number of benzene rings is 3. The molecule has 0 radical (unpaired) electrons. The molecule has 2 aliphatic heterocycles. The maximum Gasteiger partial charge on any atom is 0.282 e. The Morgan fingerprint density at radius 1 is 0.879 bits per heavy atom. The van der Waals surface area contributed by atoms with Crippen molar-refractivity contribution in [2.24, 2.45) is 0 Å². The summed E-state index contributed by atoms with van der Waals surface area (Å²) in [5.41, 5.74) is 4.32. The van der Waals surface area contributed by atoms with Crippen molar-refractivity contribution in [2.45, 2.75) is 19.9 Å². The van der Waals surface area contributed by atoms with E-state index in [2.05, 4.69) is 12.1 Å². The Morgan fingerprint density at radius 2 is 1.58 bits per heavy atom. The van der Waals surface area contributed by atoms with Crippen LogP contribution in [0.3, 0.4) is 0 Å². The number of carbonyl (C=O) groups is 2. The summed E-state index contributed by atoms with van der Waals surface area (Å²) >= 11 is 6.39. The molecule has 0 spiro atoms. The van der Waals surface area contributed by atoms with E-state index < -0.39 is 0 Å². The second kappa shape index (κ2) is 8.75. The minimum absolute atomic E-state index is 0.351. The zero-order chi connectivity index (χ0) is 22.9. The molecule has 3 aromatic carbocycles. The SMILES string of the molecule is CCOc1ccc(C2=C(N3CCc4ccccc4C3)C(=O)N(c3ccccc3Cl)C2=O)cc1. The van der Waals surface area contributed by atoms with Crippen LogP contribution in [-0.2, 0) is 22.6 Å². The Morgan fingerprint density at radius 3 is 2.30 bits per heavy atom. The number of hydrogen-bond donors (Lipinski definition) is 0. The van der Waals surface area contributed by atoms with Crippen molar-refractivity contribution in [2.75, 3.05) is 18.1 Å². The molecule has 2 aliphatic rings. The van der Waals surface area contributed by atoms with Gasteiger partial charge < -0.3 is 9.64 Å². The maximum atomic E-state index is 13.8. The molecule has 0 atom stereocenters. The lowest BCUT2D eigenvalue weighted by Gasteiger charge is -2.31. The Labute approximate surface area is 197 Å². The molecule has 0 saturated heterocycles. The van der Waals surface area contributed by atoms with Gasteiger partial charge in [-0.05, 0) is 54.3 Å². The average molecular weight is 459 g/mol. The molecule has 33 heavy (non-hydrogen) atoms. The van der Waals surface area contributed by atoms with Crippen LogP contribution in [-0.4, -0.2) is 29.9 Å². The number of anilines is 1. The molecular weight excluding hydrogens is 436 g/mol. The van der Waals surface area contributed by atoms with E-state index in [1.54, 1.807) is 24.3 Å². The number of nitrogens with zero attached hydrogens (tertiary/aromatic N) is 2. The fourth-order valence-electron chi connectivity index (χ4n) is 4.49. The minimum Gasteiger partial charge on any atom is -0.494 e. The van der Waals surface area contributed by atoms with Gasteiger partial charge in [0.05, 0.1) is 22.9 Å². The van der Waals surface area contributed by atoms with Crippen molar-refractivity contribution < 1.29 is 14.3 Å². The largest absolute Gasteiger partial charge is 0.494 e. The van der Waals surface area contributed by atoms with E-state index in [-0.39, 0.29) is 11.8 Å². The van der Waals surface area contributed by atoms with E-state index in [1.807, 2.05) is 48.2 Å². The third-order valence-electron chi connectivity index (χ3n) is 6.05. The topological polar surface area (TPSA) is 49.9 Å². The third-order valence-corrected chi connectivity index (χ3v) is 6.37. The molecule has 6 heteroatoms. The minimum atomic E-state index is -0.369. The molecule has 5 nitrogen and oxygen atoms in total. The highest BCUT2D eigenvalue weighted by Crippen LogP contribution is 2.39. The fourth-order valence-corrected chi connectivity index (χ4v) is 4.71. The number of imide groups is 1. The summed E-state index contributed by atoms with van der Waals surface area (Å²) in [6.45, 7) is 3.70. The lowest BCUT2D eigenvalue weighted by Crippen LogP contribution is -2.37. The number of amides is 2. The van der Waals surface area contributed by atoms with Crippen LogP contribution >= 0.6 is 11.6 Å². The summed E-state index contributed by atoms with van der Waals surface area (Å²) in [5.74, 6) is -0.00230. The summed E-state index contributed by atoms with van der Waals surface area (Å²) in [4.78, 5) is 30.7. The lowest BCUT2D eigenvalue weighted by molar-refractivity contribution is -0.120. The summed E-state index contributed by atoms with van der Waals surface area (Å²) in [5, 5.41) is 0.357. The molecule has 5 rings (SSSR count). The van der Waals surface area contributed by atoms with Crippen LogP contribution in [0.25, 0.3) is 5.57 Å². The summed E-state index contributed by atoms with van der Waals surface area (Å²) in [6, 6.07) is 22.5. The van der Waals surface area contributed by atoms with Crippen molar-refractivity contribution in [3.8, 4) is 5.75 Å². The predicted molar refractivity (Wildman–Crippen MR) is 129 cm³/mol. The molecule has 0 bridgehead atoms. The van der Waals surface area contributed by atoms with Crippen LogP contribution in [0.1, 0.15) is 23.6 Å². The first-order valence-corrected chi connectivity index (χ1v) is 11.4. The average Bonchev–Trinajstić information content (AvgIpc) is 3.10. The van der Waals surface area contributed by atoms with Gasteiger partial charge in [-0.25, -0.2) is 4.90 Å². The highest BCUT2D eigenvalue weighted by Gasteiger charge is 2.43. The molecular formula is C27H23ClN2O3. The van der Waals surface area contributed by atoms with E-state index in [4.69, 9.17) is 16.3 Å². The number of halogens is 1. The van der Waals surface area contributed by atoms with Gasteiger partial charge in [-0.1, -0.05) is 60.1 Å². The maximum absolute atomic E-state index is 13.8. The van der Waals surface area contributed by atoms with Crippen molar-refractivity contribution >= 4 is 34.7 Å². The first kappa shape index (κ1) is 21.3. The van der Waals surface area contributed by atoms with Gasteiger partial charge in [-0.2, -0.15) is 0 Å². The number of carbonyl (C=O) groups excluding carboxylic acids is 2. The van der Waals surface area contributed by atoms with Crippen LogP contribution in [0.15, 0.2) is 78.5 Å². The summed E-state index contributed by atoms with van der Waals surface area (Å²) in [7, 11) is 0. The van der Waals surface area contributed by atoms with Gasteiger partial charge in [-0.15, -0.1) is 0 Å². The zero-order valence-corrected chi connectivity index (χ0v) is 19.0. The number of para-hydroxylation sites is 1. The monoisotopic (exact) mass is 458 g/mol. The predicted octanol–water partition coefficient (Wildman–Crippen LogP) is 5.08. The highest BCUT2D eigenvalue weighted by atomic mass is 35.5. The third kappa shape index (κ3) is 3.79. The molecule has 3 aromatic rings. The Balaban J connectivity index is 1.61. The van der Waals surface area contributed by atoms with Gasteiger partial charge >= 0.3 is 0 Å². The van der Waals surface area contributed by atoms with E-state index in [9.17, 15) is 9.59 Å². The lowest BCUT2D eigenvalue weighted by atomic mass is 9.98. The van der Waals surface area contributed by atoms with Crippen LogP contribution in [0.2, 0.25) is 5.02 Å². The molecule has 0 aromatic heterocycles.